The third-order valence-electron chi connectivity index (χ3n) is 3.89. The maximum absolute atomic E-state index is 10.2. The minimum atomic E-state index is -0.284. The smallest absolute Gasteiger partial charge is 0.0650 e. The molecule has 0 spiro atoms. The fourth-order valence-corrected chi connectivity index (χ4v) is 3.22. The van der Waals surface area contributed by atoms with Crippen molar-refractivity contribution >= 4 is 0 Å². The molecule has 2 bridgehead atoms. The summed E-state index contributed by atoms with van der Waals surface area (Å²) >= 11 is 0. The van der Waals surface area contributed by atoms with Crippen molar-refractivity contribution < 1.29 is 5.11 Å². The Morgan fingerprint density at radius 3 is 2.33 bits per heavy atom. The third kappa shape index (κ3) is 1.52. The van der Waals surface area contributed by atoms with Crippen molar-refractivity contribution in [3.63, 3.8) is 0 Å². The van der Waals surface area contributed by atoms with E-state index in [1.807, 2.05) is 0 Å². The Kier molecular flexibility index (Phi) is 2.16. The molecule has 2 fully saturated rings. The van der Waals surface area contributed by atoms with E-state index in [1.54, 1.807) is 0 Å². The van der Waals surface area contributed by atoms with Gasteiger partial charge in [0.05, 0.1) is 5.60 Å². The summed E-state index contributed by atoms with van der Waals surface area (Å²) in [6.07, 6.45) is 8.69. The SMILES string of the molecule is CCC1(O)C[C@@H]2CCC[C@@H](C2)C1. The molecule has 2 rings (SSSR count). The molecule has 0 aromatic heterocycles. The summed E-state index contributed by atoms with van der Waals surface area (Å²) in [7, 11) is 0. The van der Waals surface area contributed by atoms with Crippen LogP contribution in [-0.4, -0.2) is 10.7 Å². The second-order valence-electron chi connectivity index (χ2n) is 4.88. The van der Waals surface area contributed by atoms with Crippen LogP contribution >= 0.6 is 0 Å². The molecule has 1 N–H and O–H groups in total. The summed E-state index contributed by atoms with van der Waals surface area (Å²) in [5, 5.41) is 10.2. The Balaban J connectivity index is 2.05. The summed E-state index contributed by atoms with van der Waals surface area (Å²) in [5.74, 6) is 1.70. The van der Waals surface area contributed by atoms with Gasteiger partial charge < -0.3 is 5.11 Å². The highest BCUT2D eigenvalue weighted by Gasteiger charge is 2.39. The van der Waals surface area contributed by atoms with Gasteiger partial charge in [-0.15, -0.1) is 0 Å². The van der Waals surface area contributed by atoms with Gasteiger partial charge >= 0.3 is 0 Å². The lowest BCUT2D eigenvalue weighted by atomic mass is 9.65. The topological polar surface area (TPSA) is 20.2 Å². The Morgan fingerprint density at radius 1 is 1.25 bits per heavy atom. The first-order valence-corrected chi connectivity index (χ1v) is 5.44. The quantitative estimate of drug-likeness (QED) is 0.638. The van der Waals surface area contributed by atoms with Crippen molar-refractivity contribution in [1.29, 1.82) is 0 Å². The molecule has 0 aliphatic heterocycles. The normalized spacial score (nSPS) is 47.5. The maximum Gasteiger partial charge on any atom is 0.0650 e. The van der Waals surface area contributed by atoms with Crippen LogP contribution in [0.1, 0.15) is 51.9 Å². The summed E-state index contributed by atoms with van der Waals surface area (Å²) in [5.41, 5.74) is -0.284. The van der Waals surface area contributed by atoms with Gasteiger partial charge in [-0.05, 0) is 37.5 Å². The Labute approximate surface area is 75.2 Å². The molecular formula is C11H20O. The number of fused-ring (bicyclic) bond motifs is 2. The minimum Gasteiger partial charge on any atom is -0.390 e. The van der Waals surface area contributed by atoms with Crippen LogP contribution in [-0.2, 0) is 0 Å². The van der Waals surface area contributed by atoms with Gasteiger partial charge in [-0.2, -0.15) is 0 Å². The Hall–Kier alpha value is -0.0400. The van der Waals surface area contributed by atoms with E-state index in [2.05, 4.69) is 6.92 Å². The van der Waals surface area contributed by atoms with Gasteiger partial charge in [-0.1, -0.05) is 26.2 Å². The molecule has 2 saturated carbocycles. The van der Waals surface area contributed by atoms with Crippen molar-refractivity contribution in [1.82, 2.24) is 0 Å². The lowest BCUT2D eigenvalue weighted by Gasteiger charge is -2.44. The summed E-state index contributed by atoms with van der Waals surface area (Å²) in [4.78, 5) is 0. The molecule has 12 heavy (non-hydrogen) atoms. The van der Waals surface area contributed by atoms with Crippen LogP contribution in [0.15, 0.2) is 0 Å². The second kappa shape index (κ2) is 3.02. The largest absolute Gasteiger partial charge is 0.390 e. The number of rotatable bonds is 1. The molecular weight excluding hydrogens is 148 g/mol. The Bertz CT molecular complexity index is 152. The highest BCUT2D eigenvalue weighted by atomic mass is 16.3. The first-order chi connectivity index (χ1) is 5.72. The van der Waals surface area contributed by atoms with Gasteiger partial charge in [0.1, 0.15) is 0 Å². The minimum absolute atomic E-state index is 0.284. The lowest BCUT2D eigenvalue weighted by Crippen LogP contribution is -2.40. The molecule has 0 saturated heterocycles. The van der Waals surface area contributed by atoms with Gasteiger partial charge in [0, 0.05) is 0 Å². The van der Waals surface area contributed by atoms with E-state index >= 15 is 0 Å². The zero-order valence-electron chi connectivity index (χ0n) is 8.05. The van der Waals surface area contributed by atoms with Crippen LogP contribution in [0.2, 0.25) is 0 Å². The highest BCUT2D eigenvalue weighted by Crippen LogP contribution is 2.45. The first-order valence-electron chi connectivity index (χ1n) is 5.44. The van der Waals surface area contributed by atoms with Crippen LogP contribution in [0.25, 0.3) is 0 Å². The van der Waals surface area contributed by atoms with Crippen LogP contribution < -0.4 is 0 Å². The average Bonchev–Trinajstić information content (AvgIpc) is 2.03. The molecule has 0 aromatic carbocycles. The van der Waals surface area contributed by atoms with Crippen molar-refractivity contribution in [2.75, 3.05) is 0 Å². The summed E-state index contributed by atoms with van der Waals surface area (Å²) in [6.45, 7) is 2.13. The number of aliphatic hydroxyl groups is 1. The zero-order valence-corrected chi connectivity index (χ0v) is 8.05. The number of hydrogen-bond donors (Lipinski definition) is 1. The van der Waals surface area contributed by atoms with E-state index in [4.69, 9.17) is 0 Å². The second-order valence-corrected chi connectivity index (χ2v) is 4.88. The average molecular weight is 168 g/mol. The Morgan fingerprint density at radius 2 is 1.83 bits per heavy atom. The fraction of sp³-hybridized carbons (Fsp3) is 1.00. The molecule has 3 atom stereocenters. The predicted molar refractivity (Wildman–Crippen MR) is 49.9 cm³/mol. The van der Waals surface area contributed by atoms with E-state index in [0.717, 1.165) is 31.1 Å². The molecule has 0 radical (unpaired) electrons. The van der Waals surface area contributed by atoms with Crippen LogP contribution in [0.5, 0.6) is 0 Å². The first kappa shape index (κ1) is 8.55. The van der Waals surface area contributed by atoms with Crippen molar-refractivity contribution in [3.05, 3.63) is 0 Å². The van der Waals surface area contributed by atoms with Gasteiger partial charge in [0.25, 0.3) is 0 Å². The standard InChI is InChI=1S/C11H20O/c1-2-11(12)7-9-4-3-5-10(6-9)8-11/h9-10,12H,2-8H2,1H3/t9-,10+,11?. The fourth-order valence-electron chi connectivity index (χ4n) is 3.22. The summed E-state index contributed by atoms with van der Waals surface area (Å²) < 4.78 is 0. The lowest BCUT2D eigenvalue weighted by molar-refractivity contribution is -0.0539. The summed E-state index contributed by atoms with van der Waals surface area (Å²) in [6, 6.07) is 0. The molecule has 1 unspecified atom stereocenters. The zero-order chi connectivity index (χ0) is 8.60. The van der Waals surface area contributed by atoms with Crippen molar-refractivity contribution in [3.8, 4) is 0 Å². The molecule has 1 heteroatoms. The molecule has 1 nitrogen and oxygen atoms in total. The van der Waals surface area contributed by atoms with Gasteiger partial charge in [-0.3, -0.25) is 0 Å². The van der Waals surface area contributed by atoms with Crippen molar-refractivity contribution in [2.45, 2.75) is 57.5 Å². The molecule has 2 aliphatic rings. The van der Waals surface area contributed by atoms with E-state index in [-0.39, 0.29) is 5.60 Å². The van der Waals surface area contributed by atoms with E-state index < -0.39 is 0 Å². The van der Waals surface area contributed by atoms with E-state index in [0.29, 0.717) is 0 Å². The molecule has 0 amide bonds. The van der Waals surface area contributed by atoms with Crippen LogP contribution in [0.3, 0.4) is 0 Å². The van der Waals surface area contributed by atoms with Gasteiger partial charge in [0.2, 0.25) is 0 Å². The molecule has 0 heterocycles. The third-order valence-corrected chi connectivity index (χ3v) is 3.89. The van der Waals surface area contributed by atoms with E-state index in [1.165, 1.54) is 25.7 Å². The van der Waals surface area contributed by atoms with E-state index in [9.17, 15) is 5.11 Å². The molecule has 2 aliphatic carbocycles. The maximum atomic E-state index is 10.2. The monoisotopic (exact) mass is 168 g/mol. The molecule has 0 aromatic rings. The van der Waals surface area contributed by atoms with Gasteiger partial charge in [-0.25, -0.2) is 0 Å². The van der Waals surface area contributed by atoms with Crippen molar-refractivity contribution in [2.24, 2.45) is 11.8 Å². The van der Waals surface area contributed by atoms with Gasteiger partial charge in [0.15, 0.2) is 0 Å². The van der Waals surface area contributed by atoms with Crippen LogP contribution in [0, 0.1) is 11.8 Å². The number of hydrogen-bond acceptors (Lipinski definition) is 1. The highest BCUT2D eigenvalue weighted by molar-refractivity contribution is 4.91. The van der Waals surface area contributed by atoms with Crippen LogP contribution in [0.4, 0.5) is 0 Å². The molecule has 70 valence electrons. The predicted octanol–water partition coefficient (Wildman–Crippen LogP) is 2.73.